The number of likely N-dealkylation sites (tertiary alicyclic amines) is 1. The molecular formula is C13H24N2O2. The summed E-state index contributed by atoms with van der Waals surface area (Å²) in [4.78, 5) is 14.6. The summed E-state index contributed by atoms with van der Waals surface area (Å²) >= 11 is 0. The highest BCUT2D eigenvalue weighted by Crippen LogP contribution is 2.29. The van der Waals surface area contributed by atoms with Crippen molar-refractivity contribution in [2.24, 2.45) is 5.92 Å². The lowest BCUT2D eigenvalue weighted by Gasteiger charge is -2.32. The molecule has 0 radical (unpaired) electrons. The minimum Gasteiger partial charge on any atom is -0.396 e. The molecule has 2 N–H and O–H groups in total. The third-order valence-electron chi connectivity index (χ3n) is 4.16. The molecular weight excluding hydrogens is 216 g/mol. The van der Waals surface area contributed by atoms with Gasteiger partial charge in [0.25, 0.3) is 0 Å². The molecule has 2 atom stereocenters. The Labute approximate surface area is 103 Å². The van der Waals surface area contributed by atoms with Crippen molar-refractivity contribution in [2.45, 2.75) is 44.6 Å². The minimum atomic E-state index is -0.293. The van der Waals surface area contributed by atoms with Crippen LogP contribution in [0, 0.1) is 5.92 Å². The van der Waals surface area contributed by atoms with Crippen molar-refractivity contribution in [3.05, 3.63) is 0 Å². The number of rotatable bonds is 4. The van der Waals surface area contributed by atoms with Crippen LogP contribution in [0.3, 0.4) is 0 Å². The van der Waals surface area contributed by atoms with Gasteiger partial charge in [-0.3, -0.25) is 4.79 Å². The van der Waals surface area contributed by atoms with Crippen LogP contribution in [-0.2, 0) is 4.79 Å². The molecule has 0 aromatic rings. The molecule has 2 heterocycles. The zero-order valence-electron chi connectivity index (χ0n) is 10.7. The van der Waals surface area contributed by atoms with Crippen molar-refractivity contribution in [3.8, 4) is 0 Å². The SMILES string of the molecule is CCCC1(C(=O)N2CCC(CO)C2)CCCN1. The van der Waals surface area contributed by atoms with E-state index in [1.54, 1.807) is 0 Å². The summed E-state index contributed by atoms with van der Waals surface area (Å²) in [5, 5.41) is 12.6. The van der Waals surface area contributed by atoms with Gasteiger partial charge in [-0.2, -0.15) is 0 Å². The Morgan fingerprint density at radius 2 is 2.41 bits per heavy atom. The van der Waals surface area contributed by atoms with Gasteiger partial charge < -0.3 is 15.3 Å². The molecule has 1 amide bonds. The van der Waals surface area contributed by atoms with Crippen LogP contribution in [-0.4, -0.2) is 47.7 Å². The molecule has 2 aliphatic heterocycles. The van der Waals surface area contributed by atoms with Gasteiger partial charge in [-0.25, -0.2) is 0 Å². The van der Waals surface area contributed by atoms with Crippen LogP contribution in [0.2, 0.25) is 0 Å². The Morgan fingerprint density at radius 3 is 2.94 bits per heavy atom. The first-order valence-electron chi connectivity index (χ1n) is 6.87. The minimum absolute atomic E-state index is 0.206. The number of nitrogens with zero attached hydrogens (tertiary/aromatic N) is 1. The lowest BCUT2D eigenvalue weighted by Crippen LogP contribution is -2.54. The molecule has 17 heavy (non-hydrogen) atoms. The average Bonchev–Trinajstić information content (AvgIpc) is 2.97. The molecule has 2 saturated heterocycles. The van der Waals surface area contributed by atoms with E-state index < -0.39 is 0 Å². The Kier molecular flexibility index (Phi) is 4.05. The van der Waals surface area contributed by atoms with E-state index in [9.17, 15) is 4.79 Å². The van der Waals surface area contributed by atoms with E-state index >= 15 is 0 Å². The number of hydrogen-bond acceptors (Lipinski definition) is 3. The van der Waals surface area contributed by atoms with E-state index in [4.69, 9.17) is 5.11 Å². The van der Waals surface area contributed by atoms with Crippen LogP contribution in [0.15, 0.2) is 0 Å². The summed E-state index contributed by atoms with van der Waals surface area (Å²) in [6.45, 7) is 4.86. The summed E-state index contributed by atoms with van der Waals surface area (Å²) in [5.41, 5.74) is -0.293. The highest BCUT2D eigenvalue weighted by Gasteiger charge is 2.43. The van der Waals surface area contributed by atoms with Crippen molar-refractivity contribution >= 4 is 5.91 Å². The van der Waals surface area contributed by atoms with Gasteiger partial charge in [-0.05, 0) is 32.2 Å². The van der Waals surface area contributed by atoms with Crippen molar-refractivity contribution in [1.29, 1.82) is 0 Å². The van der Waals surface area contributed by atoms with E-state index in [-0.39, 0.29) is 18.1 Å². The van der Waals surface area contributed by atoms with Gasteiger partial charge in [0.2, 0.25) is 5.91 Å². The zero-order chi connectivity index (χ0) is 12.3. The molecule has 0 spiro atoms. The summed E-state index contributed by atoms with van der Waals surface area (Å²) in [5.74, 6) is 0.562. The quantitative estimate of drug-likeness (QED) is 0.762. The van der Waals surface area contributed by atoms with Gasteiger partial charge in [-0.15, -0.1) is 0 Å². The molecule has 98 valence electrons. The predicted molar refractivity (Wildman–Crippen MR) is 66.6 cm³/mol. The Balaban J connectivity index is 2.02. The molecule has 2 aliphatic rings. The molecule has 2 rings (SSSR count). The number of nitrogens with one attached hydrogen (secondary N) is 1. The highest BCUT2D eigenvalue weighted by molar-refractivity contribution is 5.87. The van der Waals surface area contributed by atoms with Crippen LogP contribution in [0.4, 0.5) is 0 Å². The van der Waals surface area contributed by atoms with Crippen LogP contribution >= 0.6 is 0 Å². The number of carbonyl (C=O) groups is 1. The standard InChI is InChI=1S/C13H24N2O2/c1-2-5-13(6-3-7-14-13)12(17)15-8-4-11(9-15)10-16/h11,14,16H,2-10H2,1H3. The topological polar surface area (TPSA) is 52.6 Å². The van der Waals surface area contributed by atoms with E-state index in [1.165, 1.54) is 0 Å². The number of aliphatic hydroxyl groups is 1. The monoisotopic (exact) mass is 240 g/mol. The molecule has 0 saturated carbocycles. The molecule has 2 unspecified atom stereocenters. The maximum atomic E-state index is 12.6. The molecule has 2 fully saturated rings. The van der Waals surface area contributed by atoms with Gasteiger partial charge in [0.05, 0.1) is 5.54 Å². The smallest absolute Gasteiger partial charge is 0.242 e. The van der Waals surface area contributed by atoms with Crippen LogP contribution in [0.1, 0.15) is 39.0 Å². The van der Waals surface area contributed by atoms with E-state index in [0.717, 1.165) is 51.7 Å². The molecule has 0 aromatic carbocycles. The Morgan fingerprint density at radius 1 is 1.59 bits per heavy atom. The normalized spacial score (nSPS) is 33.3. The van der Waals surface area contributed by atoms with Crippen molar-refractivity contribution in [1.82, 2.24) is 10.2 Å². The van der Waals surface area contributed by atoms with Crippen molar-refractivity contribution < 1.29 is 9.90 Å². The first kappa shape index (κ1) is 12.8. The first-order valence-corrected chi connectivity index (χ1v) is 6.87. The summed E-state index contributed by atoms with van der Waals surface area (Å²) < 4.78 is 0. The summed E-state index contributed by atoms with van der Waals surface area (Å²) in [7, 11) is 0. The second kappa shape index (κ2) is 5.36. The second-order valence-corrected chi connectivity index (χ2v) is 5.45. The fourth-order valence-corrected chi connectivity index (χ4v) is 3.20. The summed E-state index contributed by atoms with van der Waals surface area (Å²) in [6, 6.07) is 0. The number of carbonyl (C=O) groups excluding carboxylic acids is 1. The first-order chi connectivity index (χ1) is 8.22. The lowest BCUT2D eigenvalue weighted by atomic mass is 9.90. The van der Waals surface area contributed by atoms with E-state index in [1.807, 2.05) is 4.90 Å². The number of aliphatic hydroxyl groups excluding tert-OH is 1. The molecule has 0 aromatic heterocycles. The second-order valence-electron chi connectivity index (χ2n) is 5.45. The molecule has 4 heteroatoms. The van der Waals surface area contributed by atoms with Crippen LogP contribution in [0.5, 0.6) is 0 Å². The fraction of sp³-hybridized carbons (Fsp3) is 0.923. The lowest BCUT2D eigenvalue weighted by molar-refractivity contribution is -0.137. The third kappa shape index (κ3) is 2.47. The van der Waals surface area contributed by atoms with Gasteiger partial charge in [0.15, 0.2) is 0 Å². The van der Waals surface area contributed by atoms with Gasteiger partial charge in [-0.1, -0.05) is 13.3 Å². The van der Waals surface area contributed by atoms with Crippen molar-refractivity contribution in [3.63, 3.8) is 0 Å². The zero-order valence-corrected chi connectivity index (χ0v) is 10.7. The van der Waals surface area contributed by atoms with Gasteiger partial charge in [0, 0.05) is 25.6 Å². The largest absolute Gasteiger partial charge is 0.396 e. The highest BCUT2D eigenvalue weighted by atomic mass is 16.3. The number of hydrogen-bond donors (Lipinski definition) is 2. The van der Waals surface area contributed by atoms with E-state index in [0.29, 0.717) is 5.92 Å². The maximum absolute atomic E-state index is 12.6. The maximum Gasteiger partial charge on any atom is 0.242 e. The predicted octanol–water partition coefficient (Wildman–Crippen LogP) is 0.750. The Bertz CT molecular complexity index is 275. The van der Waals surface area contributed by atoms with E-state index in [2.05, 4.69) is 12.2 Å². The number of amides is 1. The average molecular weight is 240 g/mol. The summed E-state index contributed by atoms with van der Waals surface area (Å²) in [6.07, 6.45) is 5.00. The van der Waals surface area contributed by atoms with Gasteiger partial charge >= 0.3 is 0 Å². The Hall–Kier alpha value is -0.610. The molecule has 0 aliphatic carbocycles. The van der Waals surface area contributed by atoms with Crippen LogP contribution in [0.25, 0.3) is 0 Å². The van der Waals surface area contributed by atoms with Crippen LogP contribution < -0.4 is 5.32 Å². The van der Waals surface area contributed by atoms with Crippen molar-refractivity contribution in [2.75, 3.05) is 26.2 Å². The molecule has 4 nitrogen and oxygen atoms in total. The third-order valence-corrected chi connectivity index (χ3v) is 4.16. The molecule has 0 bridgehead atoms. The van der Waals surface area contributed by atoms with Gasteiger partial charge in [0.1, 0.15) is 0 Å². The fourth-order valence-electron chi connectivity index (χ4n) is 3.20.